The van der Waals surface area contributed by atoms with Crippen LogP contribution in [0.25, 0.3) is 0 Å². The fourth-order valence-electron chi connectivity index (χ4n) is 9.81. The molecule has 4 rings (SSSR count). The lowest BCUT2D eigenvalue weighted by Crippen LogP contribution is -2.49. The van der Waals surface area contributed by atoms with Gasteiger partial charge in [-0.05, 0) is 116 Å². The van der Waals surface area contributed by atoms with Crippen LogP contribution in [0, 0.1) is 70.0 Å². The summed E-state index contributed by atoms with van der Waals surface area (Å²) in [7, 11) is 2.12. The molecule has 184 valence electrons. The van der Waals surface area contributed by atoms with Gasteiger partial charge in [0.2, 0.25) is 0 Å². The zero-order chi connectivity index (χ0) is 23.8. The maximum atomic E-state index is 9.24. The van der Waals surface area contributed by atoms with Crippen LogP contribution in [-0.2, 0) is 0 Å². The maximum Gasteiger partial charge on any atom is 0.101 e. The lowest BCUT2D eigenvalue weighted by Gasteiger charge is -2.57. The van der Waals surface area contributed by atoms with Gasteiger partial charge in [0.05, 0.1) is 5.57 Å². The van der Waals surface area contributed by atoms with Crippen molar-refractivity contribution in [3.05, 3.63) is 24.4 Å². The van der Waals surface area contributed by atoms with E-state index in [9.17, 15) is 5.26 Å². The van der Waals surface area contributed by atoms with E-state index < -0.39 is 0 Å². The third kappa shape index (κ3) is 4.94. The van der Waals surface area contributed by atoms with Crippen LogP contribution in [0.15, 0.2) is 24.4 Å². The third-order valence-electron chi connectivity index (χ3n) is 10.9. The molecule has 2 heteroatoms. The van der Waals surface area contributed by atoms with Crippen molar-refractivity contribution in [2.24, 2.45) is 58.7 Å². The molecule has 0 aromatic carbocycles. The number of nitriles is 1. The van der Waals surface area contributed by atoms with E-state index in [0.717, 1.165) is 53.9 Å². The Balaban J connectivity index is 1.40. The number of hydrogen-bond acceptors (Lipinski definition) is 2. The molecule has 0 spiro atoms. The van der Waals surface area contributed by atoms with Crippen LogP contribution in [0.2, 0.25) is 0 Å². The van der Waals surface area contributed by atoms with E-state index in [0.29, 0.717) is 16.9 Å². The van der Waals surface area contributed by atoms with E-state index in [2.05, 4.69) is 52.3 Å². The van der Waals surface area contributed by atoms with E-state index in [1.54, 1.807) is 12.5 Å². The minimum atomic E-state index is 0.531. The van der Waals surface area contributed by atoms with Crippen molar-refractivity contribution in [3.8, 4) is 6.07 Å². The standard InChI is InChI=1S/C31H50N2/c1-7-23(18-32)20-33(6)19-22(4)29-12-13-30-28-11-9-25-17-24(16-21(2)3)8-10-26(25)27(28)14-15-31(29,30)5/h7,20-22,24-30H,1,8-17,19H2,2-6H3/b23-20+. The summed E-state index contributed by atoms with van der Waals surface area (Å²) in [6.45, 7) is 14.8. The Labute approximate surface area is 204 Å². The zero-order valence-electron chi connectivity index (χ0n) is 22.2. The molecule has 9 atom stereocenters. The third-order valence-corrected chi connectivity index (χ3v) is 10.9. The van der Waals surface area contributed by atoms with Gasteiger partial charge in [-0.15, -0.1) is 0 Å². The lowest BCUT2D eigenvalue weighted by molar-refractivity contribution is -0.0752. The van der Waals surface area contributed by atoms with E-state index in [1.165, 1.54) is 57.8 Å². The molecule has 0 radical (unpaired) electrons. The van der Waals surface area contributed by atoms with E-state index >= 15 is 0 Å². The zero-order valence-corrected chi connectivity index (χ0v) is 22.2. The molecule has 4 aliphatic carbocycles. The van der Waals surface area contributed by atoms with Gasteiger partial charge >= 0.3 is 0 Å². The highest BCUT2D eigenvalue weighted by molar-refractivity contribution is 5.30. The molecule has 0 aliphatic heterocycles. The number of allylic oxidation sites excluding steroid dienone is 2. The maximum absolute atomic E-state index is 9.24. The molecular formula is C31H50N2. The molecule has 0 saturated heterocycles. The van der Waals surface area contributed by atoms with Crippen LogP contribution < -0.4 is 0 Å². The van der Waals surface area contributed by atoms with Gasteiger partial charge in [0.1, 0.15) is 6.07 Å². The second kappa shape index (κ2) is 10.2. The normalized spacial score (nSPS) is 41.5. The molecule has 0 amide bonds. The van der Waals surface area contributed by atoms with E-state index in [4.69, 9.17) is 0 Å². The fourth-order valence-corrected chi connectivity index (χ4v) is 9.81. The molecule has 0 heterocycles. The van der Waals surface area contributed by atoms with Crippen molar-refractivity contribution >= 4 is 0 Å². The molecule has 0 N–H and O–H groups in total. The van der Waals surface area contributed by atoms with Crippen molar-refractivity contribution < 1.29 is 0 Å². The molecule has 33 heavy (non-hydrogen) atoms. The van der Waals surface area contributed by atoms with Crippen molar-refractivity contribution in [2.75, 3.05) is 13.6 Å². The lowest BCUT2D eigenvalue weighted by atomic mass is 9.48. The van der Waals surface area contributed by atoms with Crippen LogP contribution >= 0.6 is 0 Å². The van der Waals surface area contributed by atoms with Gasteiger partial charge in [0, 0.05) is 19.8 Å². The number of fused-ring (bicyclic) bond motifs is 5. The van der Waals surface area contributed by atoms with Gasteiger partial charge < -0.3 is 4.90 Å². The van der Waals surface area contributed by atoms with Crippen LogP contribution in [0.4, 0.5) is 0 Å². The van der Waals surface area contributed by atoms with Gasteiger partial charge in [-0.2, -0.15) is 5.26 Å². The average molecular weight is 451 g/mol. The molecule has 4 fully saturated rings. The predicted molar refractivity (Wildman–Crippen MR) is 139 cm³/mol. The summed E-state index contributed by atoms with van der Waals surface area (Å²) in [5.41, 5.74) is 1.20. The van der Waals surface area contributed by atoms with Gasteiger partial charge in [-0.25, -0.2) is 0 Å². The van der Waals surface area contributed by atoms with Gasteiger partial charge in [-0.1, -0.05) is 46.8 Å². The topological polar surface area (TPSA) is 27.0 Å². The molecule has 0 bridgehead atoms. The van der Waals surface area contributed by atoms with Gasteiger partial charge in [-0.3, -0.25) is 0 Å². The molecular weight excluding hydrogens is 400 g/mol. The van der Waals surface area contributed by atoms with Crippen molar-refractivity contribution in [1.82, 2.24) is 4.90 Å². The number of rotatable bonds is 7. The Kier molecular flexibility index (Phi) is 7.67. The average Bonchev–Trinajstić information content (AvgIpc) is 3.14. The van der Waals surface area contributed by atoms with Crippen LogP contribution in [-0.4, -0.2) is 18.5 Å². The predicted octanol–water partition coefficient (Wildman–Crippen LogP) is 8.08. The summed E-state index contributed by atoms with van der Waals surface area (Å²) < 4.78 is 0. The van der Waals surface area contributed by atoms with Gasteiger partial charge in [0.15, 0.2) is 0 Å². The second-order valence-electron chi connectivity index (χ2n) is 13.3. The number of hydrogen-bond donors (Lipinski definition) is 0. The molecule has 9 unspecified atom stereocenters. The van der Waals surface area contributed by atoms with E-state index in [-0.39, 0.29) is 0 Å². The fraction of sp³-hybridized carbons (Fsp3) is 0.839. The molecule has 4 aliphatic rings. The Bertz CT molecular complexity index is 759. The smallest absolute Gasteiger partial charge is 0.101 e. The van der Waals surface area contributed by atoms with Crippen molar-refractivity contribution in [2.45, 2.75) is 91.9 Å². The SMILES string of the molecule is C=C/C(C#N)=C\N(C)CC(C)C1CCC2C3CCC4CC(CC(C)C)CCC4C3CCC12C. The first-order chi connectivity index (χ1) is 15.8. The Morgan fingerprint density at radius 1 is 1.06 bits per heavy atom. The summed E-state index contributed by atoms with van der Waals surface area (Å²) in [4.78, 5) is 2.23. The molecule has 0 aromatic heterocycles. The quantitative estimate of drug-likeness (QED) is 0.289. The van der Waals surface area contributed by atoms with Crippen LogP contribution in [0.1, 0.15) is 91.9 Å². The van der Waals surface area contributed by atoms with Crippen molar-refractivity contribution in [3.63, 3.8) is 0 Å². The monoisotopic (exact) mass is 450 g/mol. The van der Waals surface area contributed by atoms with E-state index in [1.807, 2.05) is 6.20 Å². The summed E-state index contributed by atoms with van der Waals surface area (Å²) in [5, 5.41) is 9.24. The molecule has 0 aromatic rings. The van der Waals surface area contributed by atoms with Crippen LogP contribution in [0.3, 0.4) is 0 Å². The first kappa shape index (κ1) is 24.9. The minimum Gasteiger partial charge on any atom is -0.379 e. The first-order valence-electron chi connectivity index (χ1n) is 14.2. The van der Waals surface area contributed by atoms with Crippen molar-refractivity contribution in [1.29, 1.82) is 5.26 Å². The highest BCUT2D eigenvalue weighted by Gasteiger charge is 2.57. The summed E-state index contributed by atoms with van der Waals surface area (Å²) >= 11 is 0. The molecule has 2 nitrogen and oxygen atoms in total. The summed E-state index contributed by atoms with van der Waals surface area (Å²) in [6, 6.07) is 2.25. The minimum absolute atomic E-state index is 0.531. The first-order valence-corrected chi connectivity index (χ1v) is 14.2. The Hall–Kier alpha value is -1.23. The Morgan fingerprint density at radius 2 is 1.82 bits per heavy atom. The van der Waals surface area contributed by atoms with Gasteiger partial charge in [0.25, 0.3) is 0 Å². The highest BCUT2D eigenvalue weighted by atomic mass is 15.1. The Morgan fingerprint density at radius 3 is 2.52 bits per heavy atom. The number of nitrogens with zero attached hydrogens (tertiary/aromatic N) is 2. The van der Waals surface area contributed by atoms with Crippen LogP contribution in [0.5, 0.6) is 0 Å². The summed E-state index contributed by atoms with van der Waals surface area (Å²) in [6.07, 6.45) is 18.6. The molecule has 4 saturated carbocycles. The second-order valence-corrected chi connectivity index (χ2v) is 13.3. The highest BCUT2D eigenvalue weighted by Crippen LogP contribution is 2.65. The summed E-state index contributed by atoms with van der Waals surface area (Å²) in [5.74, 6) is 8.48. The largest absolute Gasteiger partial charge is 0.379 e.